The number of carbonyl (C=O) groups is 2. The Morgan fingerprint density at radius 3 is 2.39 bits per heavy atom. The molecule has 1 aromatic carbocycles. The zero-order valence-electron chi connectivity index (χ0n) is 15.6. The summed E-state index contributed by atoms with van der Waals surface area (Å²) in [7, 11) is -3.94. The van der Waals surface area contributed by atoms with E-state index in [4.69, 9.17) is 5.14 Å². The molecule has 1 aliphatic carbocycles. The number of rotatable bonds is 3. The van der Waals surface area contributed by atoms with Crippen molar-refractivity contribution in [2.45, 2.75) is 50.3 Å². The van der Waals surface area contributed by atoms with Gasteiger partial charge in [-0.2, -0.15) is 0 Å². The molecule has 7 nitrogen and oxygen atoms in total. The summed E-state index contributed by atoms with van der Waals surface area (Å²) in [6.45, 7) is 1.59. The molecule has 2 aromatic rings. The molecule has 0 bridgehead atoms. The molecular weight excluding hydrogens is 398 g/mol. The minimum absolute atomic E-state index is 0.0911. The van der Waals surface area contributed by atoms with Gasteiger partial charge >= 0.3 is 0 Å². The number of hydrazine groups is 1. The number of hydrogen-bond donors (Lipinski definition) is 3. The van der Waals surface area contributed by atoms with Crippen molar-refractivity contribution in [3.63, 3.8) is 0 Å². The van der Waals surface area contributed by atoms with E-state index in [0.29, 0.717) is 10.4 Å². The van der Waals surface area contributed by atoms with Crippen molar-refractivity contribution in [1.82, 2.24) is 10.9 Å². The second kappa shape index (κ2) is 8.42. The number of benzene rings is 1. The lowest BCUT2D eigenvalue weighted by atomic mass is 10.00. The molecule has 9 heteroatoms. The van der Waals surface area contributed by atoms with E-state index in [1.165, 1.54) is 52.8 Å². The fraction of sp³-hybridized carbons (Fsp3) is 0.368. The molecule has 0 saturated heterocycles. The SMILES string of the molecule is Cc1ccc(C(=O)NNC(=O)c2cc3c(s2)CCCCCC3)cc1S(N)(=O)=O. The van der Waals surface area contributed by atoms with Crippen LogP contribution in [0.1, 0.15) is 61.7 Å². The van der Waals surface area contributed by atoms with Crippen LogP contribution in [0.4, 0.5) is 0 Å². The first-order valence-corrected chi connectivity index (χ1v) is 11.5. The monoisotopic (exact) mass is 421 g/mol. The highest BCUT2D eigenvalue weighted by Gasteiger charge is 2.18. The summed E-state index contributed by atoms with van der Waals surface area (Å²) in [6, 6.07) is 6.07. The Bertz CT molecular complexity index is 987. The summed E-state index contributed by atoms with van der Waals surface area (Å²) in [6.07, 6.45) is 6.65. The molecule has 0 saturated carbocycles. The minimum Gasteiger partial charge on any atom is -0.267 e. The summed E-state index contributed by atoms with van der Waals surface area (Å²) in [5.74, 6) is -1.00. The van der Waals surface area contributed by atoms with Gasteiger partial charge in [0.2, 0.25) is 10.0 Å². The van der Waals surface area contributed by atoms with Gasteiger partial charge in [-0.3, -0.25) is 20.4 Å². The molecule has 1 heterocycles. The van der Waals surface area contributed by atoms with E-state index < -0.39 is 15.9 Å². The van der Waals surface area contributed by atoms with Gasteiger partial charge in [-0.15, -0.1) is 11.3 Å². The molecule has 0 aliphatic heterocycles. The molecule has 0 spiro atoms. The molecule has 28 heavy (non-hydrogen) atoms. The Morgan fingerprint density at radius 1 is 1.00 bits per heavy atom. The zero-order chi connectivity index (χ0) is 20.3. The fourth-order valence-corrected chi connectivity index (χ4v) is 5.21. The van der Waals surface area contributed by atoms with Crippen LogP contribution in [0.15, 0.2) is 29.2 Å². The third kappa shape index (κ3) is 4.78. The van der Waals surface area contributed by atoms with Crippen LogP contribution in [-0.2, 0) is 22.9 Å². The van der Waals surface area contributed by atoms with Crippen molar-refractivity contribution >= 4 is 33.2 Å². The van der Waals surface area contributed by atoms with Crippen molar-refractivity contribution in [2.24, 2.45) is 5.14 Å². The molecule has 0 fully saturated rings. The van der Waals surface area contributed by atoms with Gasteiger partial charge in [-0.25, -0.2) is 13.6 Å². The van der Waals surface area contributed by atoms with Crippen molar-refractivity contribution in [3.8, 4) is 0 Å². The summed E-state index contributed by atoms with van der Waals surface area (Å²) in [4.78, 5) is 26.4. The smallest absolute Gasteiger partial charge is 0.267 e. The minimum atomic E-state index is -3.94. The Kier molecular flexibility index (Phi) is 6.17. The number of sulfonamides is 1. The van der Waals surface area contributed by atoms with Gasteiger partial charge < -0.3 is 0 Å². The van der Waals surface area contributed by atoms with Crippen LogP contribution >= 0.6 is 11.3 Å². The van der Waals surface area contributed by atoms with E-state index in [1.807, 2.05) is 6.07 Å². The number of thiophene rings is 1. The van der Waals surface area contributed by atoms with E-state index in [1.54, 1.807) is 6.92 Å². The van der Waals surface area contributed by atoms with Gasteiger partial charge in [0.1, 0.15) is 0 Å². The lowest BCUT2D eigenvalue weighted by Gasteiger charge is -2.09. The molecule has 1 aliphatic rings. The largest absolute Gasteiger partial charge is 0.279 e. The Morgan fingerprint density at radius 2 is 1.68 bits per heavy atom. The summed E-state index contributed by atoms with van der Waals surface area (Å²) >= 11 is 1.46. The number of nitrogens with one attached hydrogen (secondary N) is 2. The molecule has 4 N–H and O–H groups in total. The predicted molar refractivity (Wildman–Crippen MR) is 108 cm³/mol. The first-order chi connectivity index (χ1) is 13.3. The number of aryl methyl sites for hydroxylation is 3. The third-order valence-corrected chi connectivity index (χ3v) is 7.06. The molecule has 3 rings (SSSR count). The van der Waals surface area contributed by atoms with Crippen LogP contribution in [0.25, 0.3) is 0 Å². The maximum Gasteiger partial charge on any atom is 0.279 e. The lowest BCUT2D eigenvalue weighted by Crippen LogP contribution is -2.41. The number of fused-ring (bicyclic) bond motifs is 1. The Balaban J connectivity index is 1.68. The molecule has 0 radical (unpaired) electrons. The van der Waals surface area contributed by atoms with Crippen LogP contribution < -0.4 is 16.0 Å². The Labute approximate surface area is 168 Å². The average molecular weight is 422 g/mol. The quantitative estimate of drug-likeness (QED) is 0.660. The molecule has 0 unspecified atom stereocenters. The van der Waals surface area contributed by atoms with Gasteiger partial charge in [0.05, 0.1) is 9.77 Å². The number of hydrogen-bond acceptors (Lipinski definition) is 5. The lowest BCUT2D eigenvalue weighted by molar-refractivity contribution is 0.0848. The van der Waals surface area contributed by atoms with Crippen LogP contribution in [0, 0.1) is 6.92 Å². The number of primary sulfonamides is 1. The second-order valence-corrected chi connectivity index (χ2v) is 9.57. The number of nitrogens with two attached hydrogens (primary N) is 1. The van der Waals surface area contributed by atoms with Gasteiger partial charge in [0.25, 0.3) is 11.8 Å². The molecule has 0 atom stereocenters. The highest BCUT2D eigenvalue weighted by atomic mass is 32.2. The van der Waals surface area contributed by atoms with Crippen LogP contribution in [0.5, 0.6) is 0 Å². The van der Waals surface area contributed by atoms with Crippen molar-refractivity contribution in [2.75, 3.05) is 0 Å². The second-order valence-electron chi connectivity index (χ2n) is 6.91. The summed E-state index contributed by atoms with van der Waals surface area (Å²) in [5.41, 5.74) is 6.49. The maximum atomic E-state index is 12.4. The zero-order valence-corrected chi connectivity index (χ0v) is 17.2. The maximum absolute atomic E-state index is 12.4. The van der Waals surface area contributed by atoms with E-state index in [0.717, 1.165) is 25.7 Å². The highest BCUT2D eigenvalue weighted by Crippen LogP contribution is 2.28. The predicted octanol–water partition coefficient (Wildman–Crippen LogP) is 2.44. The van der Waals surface area contributed by atoms with E-state index >= 15 is 0 Å². The van der Waals surface area contributed by atoms with E-state index in [9.17, 15) is 18.0 Å². The number of carbonyl (C=O) groups excluding carboxylic acids is 2. The highest BCUT2D eigenvalue weighted by molar-refractivity contribution is 7.89. The molecule has 2 amide bonds. The van der Waals surface area contributed by atoms with Crippen molar-refractivity contribution in [1.29, 1.82) is 0 Å². The first-order valence-electron chi connectivity index (χ1n) is 9.11. The topological polar surface area (TPSA) is 118 Å². The van der Waals surface area contributed by atoms with E-state index in [2.05, 4.69) is 10.9 Å². The van der Waals surface area contributed by atoms with E-state index in [-0.39, 0.29) is 16.4 Å². The van der Waals surface area contributed by atoms with Crippen LogP contribution in [-0.4, -0.2) is 20.2 Å². The van der Waals surface area contributed by atoms with Crippen molar-refractivity contribution in [3.05, 3.63) is 50.7 Å². The van der Waals surface area contributed by atoms with Crippen LogP contribution in [0.2, 0.25) is 0 Å². The standard InChI is InChI=1S/C19H23N3O4S2/c1-12-8-9-14(11-17(12)28(20,25)26)18(23)21-22-19(24)16-10-13-6-4-2-3-5-7-15(13)27-16/h8-11H,2-7H2,1H3,(H,21,23)(H,22,24)(H2,20,25,26). The fourth-order valence-electron chi connectivity index (χ4n) is 3.25. The van der Waals surface area contributed by atoms with Crippen molar-refractivity contribution < 1.29 is 18.0 Å². The summed E-state index contributed by atoms with van der Waals surface area (Å²) in [5, 5.41) is 5.17. The van der Waals surface area contributed by atoms with Gasteiger partial charge in [-0.05, 0) is 61.9 Å². The normalized spacial score (nSPS) is 14.5. The van der Waals surface area contributed by atoms with Gasteiger partial charge in [-0.1, -0.05) is 18.9 Å². The summed E-state index contributed by atoms with van der Waals surface area (Å²) < 4.78 is 23.2. The van der Waals surface area contributed by atoms with Gasteiger partial charge in [0, 0.05) is 10.4 Å². The molecule has 1 aromatic heterocycles. The average Bonchev–Trinajstić information content (AvgIpc) is 3.01. The van der Waals surface area contributed by atoms with Crippen LogP contribution in [0.3, 0.4) is 0 Å². The van der Waals surface area contributed by atoms with Gasteiger partial charge in [0.15, 0.2) is 0 Å². The molecular formula is C19H23N3O4S2. The first kappa shape index (κ1) is 20.5. The molecule has 150 valence electrons. The third-order valence-electron chi connectivity index (χ3n) is 4.77. The number of amides is 2. The Hall–Kier alpha value is -2.23.